The minimum Gasteiger partial charge on any atom is -0.369 e. The van der Waals surface area contributed by atoms with Crippen LogP contribution in [0.3, 0.4) is 0 Å². The summed E-state index contributed by atoms with van der Waals surface area (Å²) < 4.78 is 66.1. The van der Waals surface area contributed by atoms with Crippen LogP contribution in [0.5, 0.6) is 0 Å². The monoisotopic (exact) mass is 690 g/mol. The van der Waals surface area contributed by atoms with Crippen molar-refractivity contribution in [2.45, 2.75) is 37.4 Å². The molecule has 0 radical (unpaired) electrons. The molecule has 42 heavy (non-hydrogen) atoms. The Morgan fingerprint density at radius 3 is 2.60 bits per heavy atom. The number of imidazole rings is 1. The third-order valence-electron chi connectivity index (χ3n) is 5.62. The molecule has 0 aliphatic carbocycles. The second kappa shape index (κ2) is 11.8. The molecule has 0 bridgehead atoms. The van der Waals surface area contributed by atoms with Gasteiger partial charge in [-0.15, -0.1) is 11.3 Å². The first-order chi connectivity index (χ1) is 19.6. The van der Waals surface area contributed by atoms with E-state index < -0.39 is 66.8 Å². The maximum Gasteiger partial charge on any atom is 0.490 e. The maximum atomic E-state index is 12.8. The van der Waals surface area contributed by atoms with E-state index in [-0.39, 0.29) is 28.3 Å². The van der Waals surface area contributed by atoms with Crippen molar-refractivity contribution in [3.8, 4) is 0 Å². The van der Waals surface area contributed by atoms with Crippen LogP contribution in [0, 0.1) is 4.64 Å². The Labute approximate surface area is 243 Å². The number of hydrogen-bond acceptors (Lipinski definition) is 15. The van der Waals surface area contributed by atoms with Crippen molar-refractivity contribution in [2.75, 3.05) is 12.3 Å². The fourth-order valence-electron chi connectivity index (χ4n) is 4.09. The fraction of sp³-hybridized carbons (Fsp3) is 0.412. The first-order valence-corrected chi connectivity index (χ1v) is 17.2. The Hall–Kier alpha value is -1.97. The molecule has 5 rings (SSSR count). The molecule has 8 N–H and O–H groups in total. The average Bonchev–Trinajstić information content (AvgIpc) is 3.63. The first-order valence-electron chi connectivity index (χ1n) is 11.4. The third kappa shape index (κ3) is 7.21. The molecule has 2 fully saturated rings. The summed E-state index contributed by atoms with van der Waals surface area (Å²) in [6.45, 7) is -0.672. The number of aromatic amines is 1. The summed E-state index contributed by atoms with van der Waals surface area (Å²) in [6.07, 6.45) is -4.75. The zero-order valence-corrected chi connectivity index (χ0v) is 24.9. The number of hydrogen-bond donors (Lipinski definition) is 7. The number of nitrogens with two attached hydrogens (primary N) is 1. The maximum absolute atomic E-state index is 12.8. The number of carbonyl (C=O) groups is 1. The number of phosphoric acid groups is 3. The number of phosphoric ester groups is 1. The van der Waals surface area contributed by atoms with Gasteiger partial charge < -0.3 is 49.8 Å². The lowest BCUT2D eigenvalue weighted by Crippen LogP contribution is -2.37. The van der Waals surface area contributed by atoms with Gasteiger partial charge in [-0.1, -0.05) is 18.3 Å². The van der Waals surface area contributed by atoms with E-state index in [0.29, 0.717) is 0 Å². The Balaban J connectivity index is 1.36. The van der Waals surface area contributed by atoms with Crippen LogP contribution < -0.4 is 11.1 Å². The molecule has 2 saturated heterocycles. The van der Waals surface area contributed by atoms with Crippen molar-refractivity contribution in [2.24, 2.45) is 0 Å². The normalized spacial score (nSPS) is 27.0. The minimum absolute atomic E-state index is 0.0394. The largest absolute Gasteiger partial charge is 0.490 e. The minimum atomic E-state index is -5.75. The van der Waals surface area contributed by atoms with E-state index in [0.717, 1.165) is 4.88 Å². The highest BCUT2D eigenvalue weighted by molar-refractivity contribution is 7.71. The second-order valence-electron chi connectivity index (χ2n) is 8.56. The number of anilines is 1. The Kier molecular flexibility index (Phi) is 8.87. The van der Waals surface area contributed by atoms with Gasteiger partial charge in [0, 0.05) is 4.88 Å². The zero-order chi connectivity index (χ0) is 30.4. The fourth-order valence-corrected chi connectivity index (χ4v) is 8.01. The number of nitrogens with one attached hydrogen (secondary N) is 2. The number of thiophene rings is 1. The number of amides is 1. The summed E-state index contributed by atoms with van der Waals surface area (Å²) in [7, 11) is -16.8. The predicted octanol–water partition coefficient (Wildman–Crippen LogP) is 0.800. The van der Waals surface area contributed by atoms with E-state index in [4.69, 9.17) is 46.5 Å². The molecule has 0 spiro atoms. The van der Waals surface area contributed by atoms with Crippen molar-refractivity contribution < 1.29 is 65.4 Å². The lowest BCUT2D eigenvalue weighted by molar-refractivity contribution is -0.171. The molecule has 0 aromatic carbocycles. The Bertz CT molecular complexity index is 1680. The highest BCUT2D eigenvalue weighted by Crippen LogP contribution is 2.66. The van der Waals surface area contributed by atoms with Crippen molar-refractivity contribution in [1.29, 1.82) is 0 Å². The van der Waals surface area contributed by atoms with E-state index in [9.17, 15) is 28.3 Å². The summed E-state index contributed by atoms with van der Waals surface area (Å²) in [5, 5.41) is 4.50. The molecule has 3 aromatic heterocycles. The number of aromatic nitrogens is 4. The first kappa shape index (κ1) is 31.5. The van der Waals surface area contributed by atoms with Crippen LogP contribution in [0.15, 0.2) is 23.8 Å². The van der Waals surface area contributed by atoms with Crippen LogP contribution in [-0.4, -0.2) is 76.2 Å². The van der Waals surface area contributed by atoms with Gasteiger partial charge in [-0.05, 0) is 11.4 Å². The number of nitrogen functional groups attached to an aromatic ring is 1. The third-order valence-corrected chi connectivity index (χ3v) is 10.6. The SMILES string of the molecule is Nc1nc2c(ncn2C2OC(COP(=O)(O)OP(=O)(O)OP(=O)(O)O)C3OC(C(=O)NCc4cccs4)OC32)c(=S)[nH]1. The lowest BCUT2D eigenvalue weighted by Gasteiger charge is -2.22. The molecule has 230 valence electrons. The van der Waals surface area contributed by atoms with Crippen LogP contribution in [0.4, 0.5) is 5.95 Å². The van der Waals surface area contributed by atoms with E-state index >= 15 is 0 Å². The van der Waals surface area contributed by atoms with Gasteiger partial charge in [0.15, 0.2) is 11.9 Å². The van der Waals surface area contributed by atoms with E-state index in [1.807, 2.05) is 17.5 Å². The summed E-state index contributed by atoms with van der Waals surface area (Å²) in [4.78, 5) is 61.4. The van der Waals surface area contributed by atoms with Crippen molar-refractivity contribution >= 4 is 70.0 Å². The topological polar surface area (TPSA) is 289 Å². The van der Waals surface area contributed by atoms with Crippen molar-refractivity contribution in [1.82, 2.24) is 24.8 Å². The van der Waals surface area contributed by atoms with Crippen molar-refractivity contribution in [3.05, 3.63) is 33.4 Å². The van der Waals surface area contributed by atoms with Gasteiger partial charge in [-0.3, -0.25) is 13.9 Å². The molecular formula is C17H21N6O14P3S2. The summed E-state index contributed by atoms with van der Waals surface area (Å²) in [5.41, 5.74) is 6.21. The van der Waals surface area contributed by atoms with Crippen LogP contribution in [-0.2, 0) is 52.4 Å². The van der Waals surface area contributed by atoms with E-state index in [2.05, 4.69) is 28.9 Å². The standard InChI is InChI=1S/C17H21N6O14P3S2/c18-17-21-12-9(14(41)22-17)20-6-23(12)15-11-10(34-16(35-11)13(24)19-4-7-2-1-3-42-7)8(33-15)5-32-39(28,29)37-40(30,31)36-38(25,26)27/h1-3,6,8,10-11,15-16H,4-5H2,(H,19,24)(H,28,29)(H,30,31)(H2,25,26,27)(H3,18,21,22,41). The van der Waals surface area contributed by atoms with Crippen LogP contribution in [0.25, 0.3) is 11.2 Å². The smallest absolute Gasteiger partial charge is 0.369 e. The van der Waals surface area contributed by atoms with Crippen molar-refractivity contribution in [3.63, 3.8) is 0 Å². The molecule has 0 saturated carbocycles. The Morgan fingerprint density at radius 1 is 1.17 bits per heavy atom. The highest BCUT2D eigenvalue weighted by Gasteiger charge is 2.56. The number of H-pyrrole nitrogens is 1. The van der Waals surface area contributed by atoms with Gasteiger partial charge in [-0.25, -0.2) is 18.7 Å². The van der Waals surface area contributed by atoms with Gasteiger partial charge in [0.1, 0.15) is 28.5 Å². The molecular weight excluding hydrogens is 669 g/mol. The van der Waals surface area contributed by atoms with Gasteiger partial charge in [0.25, 0.3) is 5.91 Å². The average molecular weight is 690 g/mol. The zero-order valence-electron chi connectivity index (χ0n) is 20.6. The van der Waals surface area contributed by atoms with Gasteiger partial charge in [0.2, 0.25) is 12.2 Å². The summed E-state index contributed by atoms with van der Waals surface area (Å²) in [5.74, 6) is -0.675. The predicted molar refractivity (Wildman–Crippen MR) is 141 cm³/mol. The number of nitrogens with zero attached hydrogens (tertiary/aromatic N) is 3. The highest BCUT2D eigenvalue weighted by atomic mass is 32.1. The number of carbonyl (C=O) groups excluding carboxylic acids is 1. The van der Waals surface area contributed by atoms with Crippen LogP contribution in [0.2, 0.25) is 0 Å². The molecule has 2 aliphatic heterocycles. The Morgan fingerprint density at radius 2 is 1.90 bits per heavy atom. The van der Waals surface area contributed by atoms with E-state index in [1.54, 1.807) is 0 Å². The lowest BCUT2D eigenvalue weighted by atomic mass is 10.1. The molecule has 7 unspecified atom stereocenters. The summed E-state index contributed by atoms with van der Waals surface area (Å²) in [6, 6.07) is 3.62. The number of ether oxygens (including phenoxy) is 3. The van der Waals surface area contributed by atoms with Crippen LogP contribution in [0.1, 0.15) is 11.1 Å². The second-order valence-corrected chi connectivity index (χ2v) is 14.4. The van der Waals surface area contributed by atoms with E-state index in [1.165, 1.54) is 22.2 Å². The van der Waals surface area contributed by atoms with Gasteiger partial charge in [-0.2, -0.15) is 13.6 Å². The molecule has 3 aromatic rings. The molecule has 25 heteroatoms. The summed E-state index contributed by atoms with van der Waals surface area (Å²) >= 11 is 6.64. The van der Waals surface area contributed by atoms with Gasteiger partial charge >= 0.3 is 23.5 Å². The number of fused-ring (bicyclic) bond motifs is 2. The molecule has 5 heterocycles. The molecule has 2 aliphatic rings. The molecule has 1 amide bonds. The molecule has 20 nitrogen and oxygen atoms in total. The number of rotatable bonds is 11. The molecule has 7 atom stereocenters. The quantitative estimate of drug-likeness (QED) is 0.108. The van der Waals surface area contributed by atoms with Gasteiger partial charge in [0.05, 0.1) is 19.5 Å². The van der Waals surface area contributed by atoms with Crippen LogP contribution >= 0.6 is 47.0 Å².